The van der Waals surface area contributed by atoms with Crippen molar-refractivity contribution in [2.24, 2.45) is 4.99 Å². The minimum Gasteiger partial charge on any atom is -0.497 e. The van der Waals surface area contributed by atoms with Crippen molar-refractivity contribution in [2.45, 2.75) is 18.6 Å². The molecule has 7 heteroatoms. The molecule has 0 aromatic heterocycles. The zero-order valence-electron chi connectivity index (χ0n) is 15.2. The average Bonchev–Trinajstić information content (AvgIpc) is 3.26. The lowest BCUT2D eigenvalue weighted by Crippen LogP contribution is -2.32. The van der Waals surface area contributed by atoms with Crippen molar-refractivity contribution in [2.75, 3.05) is 20.4 Å². The maximum atomic E-state index is 12.8. The van der Waals surface area contributed by atoms with E-state index in [0.29, 0.717) is 13.0 Å². The number of amidine groups is 1. The molecule has 1 atom stereocenters. The van der Waals surface area contributed by atoms with E-state index in [0.717, 1.165) is 33.7 Å². The molecule has 0 spiro atoms. The Hall–Kier alpha value is -2.67. The number of hydrogen-bond donors (Lipinski definition) is 0. The van der Waals surface area contributed by atoms with Gasteiger partial charge < -0.3 is 14.2 Å². The first-order valence-corrected chi connectivity index (χ1v) is 9.65. The first-order valence-electron chi connectivity index (χ1n) is 8.77. The Kier molecular flexibility index (Phi) is 4.94. The number of ether oxygens (including phenoxy) is 3. The van der Waals surface area contributed by atoms with Gasteiger partial charge in [0.05, 0.1) is 18.0 Å². The van der Waals surface area contributed by atoms with Gasteiger partial charge in [0.15, 0.2) is 16.7 Å². The highest BCUT2D eigenvalue weighted by Crippen LogP contribution is 2.36. The normalized spacial score (nSPS) is 19.8. The number of rotatable bonds is 5. The summed E-state index contributed by atoms with van der Waals surface area (Å²) in [6.07, 6.45) is 0.623. The molecular formula is C20H20N2O4S. The van der Waals surface area contributed by atoms with Gasteiger partial charge in [-0.1, -0.05) is 17.8 Å². The van der Waals surface area contributed by atoms with Crippen LogP contribution in [0.2, 0.25) is 0 Å². The molecule has 4 rings (SSSR count). The van der Waals surface area contributed by atoms with Crippen LogP contribution in [0.4, 0.5) is 5.69 Å². The summed E-state index contributed by atoms with van der Waals surface area (Å²) in [6, 6.07) is 13.3. The minimum absolute atomic E-state index is 0.0902. The lowest BCUT2D eigenvalue weighted by Gasteiger charge is -2.13. The molecule has 2 aromatic carbocycles. The van der Waals surface area contributed by atoms with Gasteiger partial charge >= 0.3 is 0 Å². The van der Waals surface area contributed by atoms with Gasteiger partial charge in [0.1, 0.15) is 5.75 Å². The number of fused-ring (bicyclic) bond motifs is 1. The van der Waals surface area contributed by atoms with Crippen molar-refractivity contribution in [1.29, 1.82) is 0 Å². The fourth-order valence-corrected chi connectivity index (χ4v) is 4.33. The highest BCUT2D eigenvalue weighted by molar-refractivity contribution is 8.15. The number of methoxy groups -OCH3 is 1. The third kappa shape index (κ3) is 3.60. The average molecular weight is 384 g/mol. The van der Waals surface area contributed by atoms with Crippen LogP contribution in [0.25, 0.3) is 0 Å². The molecule has 140 valence electrons. The Morgan fingerprint density at radius 2 is 1.96 bits per heavy atom. The lowest BCUT2D eigenvalue weighted by molar-refractivity contribution is -0.126. The first-order chi connectivity index (χ1) is 13.2. The molecule has 0 radical (unpaired) electrons. The number of amides is 1. The van der Waals surface area contributed by atoms with Crippen molar-refractivity contribution >= 4 is 28.5 Å². The molecule has 2 heterocycles. The van der Waals surface area contributed by atoms with E-state index in [1.165, 1.54) is 11.8 Å². The number of benzene rings is 2. The Morgan fingerprint density at radius 1 is 1.19 bits per heavy atom. The van der Waals surface area contributed by atoms with E-state index in [-0.39, 0.29) is 18.0 Å². The number of hydrogen-bond acceptors (Lipinski definition) is 6. The number of nitrogens with zero attached hydrogens (tertiary/aromatic N) is 2. The van der Waals surface area contributed by atoms with E-state index >= 15 is 0 Å². The smallest absolute Gasteiger partial charge is 0.242 e. The van der Waals surface area contributed by atoms with Crippen LogP contribution >= 0.6 is 11.8 Å². The third-order valence-electron chi connectivity index (χ3n) is 4.49. The molecule has 1 saturated heterocycles. The summed E-state index contributed by atoms with van der Waals surface area (Å²) in [4.78, 5) is 19.2. The molecule has 1 fully saturated rings. The zero-order valence-corrected chi connectivity index (χ0v) is 16.0. The molecular weight excluding hydrogens is 364 g/mol. The Balaban J connectivity index is 1.53. The summed E-state index contributed by atoms with van der Waals surface area (Å²) in [5, 5.41) is 0.542. The molecule has 2 aliphatic rings. The van der Waals surface area contributed by atoms with Crippen LogP contribution in [0.15, 0.2) is 47.5 Å². The van der Waals surface area contributed by atoms with Crippen LogP contribution in [-0.4, -0.2) is 41.7 Å². The summed E-state index contributed by atoms with van der Waals surface area (Å²) in [6.45, 7) is 2.81. The van der Waals surface area contributed by atoms with Crippen LogP contribution in [-0.2, 0) is 11.2 Å². The van der Waals surface area contributed by atoms with E-state index in [4.69, 9.17) is 14.2 Å². The maximum Gasteiger partial charge on any atom is 0.242 e. The van der Waals surface area contributed by atoms with E-state index in [2.05, 4.69) is 4.99 Å². The monoisotopic (exact) mass is 384 g/mol. The summed E-state index contributed by atoms with van der Waals surface area (Å²) >= 11 is 1.51. The number of aliphatic imine (C=N–C) groups is 1. The lowest BCUT2D eigenvalue weighted by atomic mass is 10.1. The van der Waals surface area contributed by atoms with E-state index in [9.17, 15) is 4.79 Å². The van der Waals surface area contributed by atoms with E-state index in [1.807, 2.05) is 49.4 Å². The number of carbonyl (C=O) groups is 1. The molecule has 27 heavy (non-hydrogen) atoms. The Morgan fingerprint density at radius 3 is 2.70 bits per heavy atom. The van der Waals surface area contributed by atoms with Crippen molar-refractivity contribution in [3.8, 4) is 17.2 Å². The molecule has 0 N–H and O–H groups in total. The van der Waals surface area contributed by atoms with Gasteiger partial charge in [0, 0.05) is 6.54 Å². The largest absolute Gasteiger partial charge is 0.497 e. The van der Waals surface area contributed by atoms with Crippen molar-refractivity contribution in [3.63, 3.8) is 0 Å². The zero-order chi connectivity index (χ0) is 18.8. The molecule has 2 aromatic rings. The maximum absolute atomic E-state index is 12.8. The minimum atomic E-state index is -0.192. The van der Waals surface area contributed by atoms with Gasteiger partial charge in [-0.25, -0.2) is 4.99 Å². The van der Waals surface area contributed by atoms with Gasteiger partial charge in [0.2, 0.25) is 12.7 Å². The van der Waals surface area contributed by atoms with Gasteiger partial charge in [0.25, 0.3) is 0 Å². The molecule has 0 bridgehead atoms. The van der Waals surface area contributed by atoms with Crippen molar-refractivity contribution in [1.82, 2.24) is 4.90 Å². The molecule has 0 aliphatic carbocycles. The molecule has 6 nitrogen and oxygen atoms in total. The van der Waals surface area contributed by atoms with Gasteiger partial charge in [-0.05, 0) is 55.3 Å². The highest BCUT2D eigenvalue weighted by atomic mass is 32.2. The second kappa shape index (κ2) is 7.52. The first kappa shape index (κ1) is 17.7. The van der Waals surface area contributed by atoms with Crippen LogP contribution in [0.3, 0.4) is 0 Å². The second-order valence-corrected chi connectivity index (χ2v) is 7.34. The van der Waals surface area contributed by atoms with Gasteiger partial charge in [-0.15, -0.1) is 0 Å². The second-order valence-electron chi connectivity index (χ2n) is 6.17. The van der Waals surface area contributed by atoms with E-state index in [1.54, 1.807) is 12.0 Å². The van der Waals surface area contributed by atoms with Crippen LogP contribution < -0.4 is 14.2 Å². The van der Waals surface area contributed by atoms with Crippen LogP contribution in [0.5, 0.6) is 17.2 Å². The van der Waals surface area contributed by atoms with Crippen molar-refractivity contribution in [3.05, 3.63) is 48.0 Å². The van der Waals surface area contributed by atoms with Crippen LogP contribution in [0, 0.1) is 0 Å². The van der Waals surface area contributed by atoms with Gasteiger partial charge in [-0.3, -0.25) is 9.69 Å². The van der Waals surface area contributed by atoms with Gasteiger partial charge in [-0.2, -0.15) is 0 Å². The predicted octanol–water partition coefficient (Wildman–Crippen LogP) is 3.62. The van der Waals surface area contributed by atoms with E-state index < -0.39 is 0 Å². The number of thioether (sulfide) groups is 1. The highest BCUT2D eigenvalue weighted by Gasteiger charge is 2.37. The van der Waals surface area contributed by atoms with Crippen molar-refractivity contribution < 1.29 is 19.0 Å². The Bertz CT molecular complexity index is 882. The molecule has 1 amide bonds. The SMILES string of the molecule is CCN1C(=O)[C@H](Cc2ccc3c(c2)OCO3)SC1=Nc1ccc(OC)cc1. The molecule has 0 saturated carbocycles. The summed E-state index contributed by atoms with van der Waals surface area (Å²) < 4.78 is 16.0. The molecule has 0 unspecified atom stereocenters. The summed E-state index contributed by atoms with van der Waals surface area (Å²) in [5.41, 5.74) is 1.85. The topological polar surface area (TPSA) is 60.4 Å². The third-order valence-corrected chi connectivity index (χ3v) is 5.67. The quantitative estimate of drug-likeness (QED) is 0.788. The summed E-state index contributed by atoms with van der Waals surface area (Å²) in [5.74, 6) is 2.36. The fraction of sp³-hybridized carbons (Fsp3) is 0.300. The predicted molar refractivity (Wildman–Crippen MR) is 105 cm³/mol. The molecule has 2 aliphatic heterocycles. The number of carbonyl (C=O) groups excluding carboxylic acids is 1. The Labute approximate surface area is 162 Å². The summed E-state index contributed by atoms with van der Waals surface area (Å²) in [7, 11) is 1.63. The fourth-order valence-electron chi connectivity index (χ4n) is 3.07. The van der Waals surface area contributed by atoms with Crippen LogP contribution in [0.1, 0.15) is 12.5 Å². The standard InChI is InChI=1S/C20H20N2O4S/c1-3-22-19(23)18(11-13-4-9-16-17(10-13)26-12-25-16)27-20(22)21-14-5-7-15(24-2)8-6-14/h4-10,18H,3,11-12H2,1-2H3/t18-/m0/s1.